The summed E-state index contributed by atoms with van der Waals surface area (Å²) in [6, 6.07) is 3.76. The molecule has 1 atom stereocenters. The highest BCUT2D eigenvalue weighted by Crippen LogP contribution is 2.08. The topological polar surface area (TPSA) is 68.3 Å². The standard InChI is InChI=1S/C12H20N2O2/c1-9(4-3-7-13)12(15)14-8-11-6-5-10(2)16-11/h5-6,9H,3-4,7-8,13H2,1-2H3,(H,14,15). The van der Waals surface area contributed by atoms with Crippen LogP contribution in [0.25, 0.3) is 0 Å². The van der Waals surface area contributed by atoms with E-state index >= 15 is 0 Å². The first-order valence-corrected chi connectivity index (χ1v) is 5.66. The highest BCUT2D eigenvalue weighted by Gasteiger charge is 2.12. The molecule has 0 aliphatic heterocycles. The first-order valence-electron chi connectivity index (χ1n) is 5.66. The van der Waals surface area contributed by atoms with Crippen LogP contribution in [-0.2, 0) is 11.3 Å². The molecular weight excluding hydrogens is 204 g/mol. The van der Waals surface area contributed by atoms with Crippen molar-refractivity contribution in [3.8, 4) is 0 Å². The fourth-order valence-corrected chi connectivity index (χ4v) is 1.48. The molecule has 1 aromatic rings. The fraction of sp³-hybridized carbons (Fsp3) is 0.583. The molecular formula is C12H20N2O2. The van der Waals surface area contributed by atoms with E-state index in [1.807, 2.05) is 26.0 Å². The molecule has 16 heavy (non-hydrogen) atoms. The van der Waals surface area contributed by atoms with Gasteiger partial charge in [0.25, 0.3) is 0 Å². The minimum Gasteiger partial charge on any atom is -0.465 e. The molecule has 90 valence electrons. The largest absolute Gasteiger partial charge is 0.465 e. The van der Waals surface area contributed by atoms with E-state index in [9.17, 15) is 4.79 Å². The number of nitrogens with two attached hydrogens (primary N) is 1. The van der Waals surface area contributed by atoms with E-state index in [0.717, 1.165) is 24.4 Å². The van der Waals surface area contributed by atoms with Crippen molar-refractivity contribution < 1.29 is 9.21 Å². The number of amides is 1. The summed E-state index contributed by atoms with van der Waals surface area (Å²) in [4.78, 5) is 11.6. The Balaban J connectivity index is 2.29. The van der Waals surface area contributed by atoms with Crippen LogP contribution in [0.15, 0.2) is 16.5 Å². The lowest BCUT2D eigenvalue weighted by atomic mass is 10.1. The SMILES string of the molecule is Cc1ccc(CNC(=O)C(C)CCCN)o1. The molecule has 4 heteroatoms. The third-order valence-corrected chi connectivity index (χ3v) is 2.52. The van der Waals surface area contributed by atoms with Crippen molar-refractivity contribution in [2.24, 2.45) is 11.7 Å². The monoisotopic (exact) mass is 224 g/mol. The molecule has 0 bridgehead atoms. The number of rotatable bonds is 6. The van der Waals surface area contributed by atoms with Gasteiger partial charge in [0.1, 0.15) is 11.5 Å². The molecule has 0 fully saturated rings. The van der Waals surface area contributed by atoms with Crippen molar-refractivity contribution in [1.82, 2.24) is 5.32 Å². The van der Waals surface area contributed by atoms with Gasteiger partial charge in [-0.2, -0.15) is 0 Å². The molecule has 3 N–H and O–H groups in total. The van der Waals surface area contributed by atoms with Crippen LogP contribution in [0.5, 0.6) is 0 Å². The zero-order valence-electron chi connectivity index (χ0n) is 9.95. The lowest BCUT2D eigenvalue weighted by molar-refractivity contribution is -0.124. The normalized spacial score (nSPS) is 12.4. The van der Waals surface area contributed by atoms with Crippen molar-refractivity contribution in [2.75, 3.05) is 6.54 Å². The maximum absolute atomic E-state index is 11.6. The Morgan fingerprint density at radius 1 is 1.56 bits per heavy atom. The van der Waals surface area contributed by atoms with Gasteiger partial charge in [-0.3, -0.25) is 4.79 Å². The second-order valence-corrected chi connectivity index (χ2v) is 4.06. The van der Waals surface area contributed by atoms with Crippen molar-refractivity contribution >= 4 is 5.91 Å². The Kier molecular flexibility index (Phi) is 5.05. The van der Waals surface area contributed by atoms with Crippen LogP contribution >= 0.6 is 0 Å². The molecule has 0 aliphatic carbocycles. The van der Waals surface area contributed by atoms with Gasteiger partial charge in [-0.1, -0.05) is 6.92 Å². The van der Waals surface area contributed by atoms with E-state index in [2.05, 4.69) is 5.32 Å². The number of nitrogens with one attached hydrogen (secondary N) is 1. The average molecular weight is 224 g/mol. The maximum Gasteiger partial charge on any atom is 0.223 e. The molecule has 0 aromatic carbocycles. The van der Waals surface area contributed by atoms with Crippen molar-refractivity contribution in [3.05, 3.63) is 23.7 Å². The third kappa shape index (κ3) is 4.06. The van der Waals surface area contributed by atoms with E-state index in [0.29, 0.717) is 13.1 Å². The van der Waals surface area contributed by atoms with Crippen LogP contribution in [-0.4, -0.2) is 12.5 Å². The van der Waals surface area contributed by atoms with E-state index in [-0.39, 0.29) is 11.8 Å². The molecule has 0 aliphatic rings. The lowest BCUT2D eigenvalue weighted by Gasteiger charge is -2.10. The minimum atomic E-state index is 0.0135. The van der Waals surface area contributed by atoms with Crippen LogP contribution in [0.1, 0.15) is 31.3 Å². The van der Waals surface area contributed by atoms with Crippen LogP contribution in [0.4, 0.5) is 0 Å². The predicted molar refractivity (Wildman–Crippen MR) is 62.7 cm³/mol. The average Bonchev–Trinajstić information content (AvgIpc) is 2.68. The highest BCUT2D eigenvalue weighted by atomic mass is 16.3. The second kappa shape index (κ2) is 6.33. The zero-order valence-corrected chi connectivity index (χ0v) is 9.95. The lowest BCUT2D eigenvalue weighted by Crippen LogP contribution is -2.28. The third-order valence-electron chi connectivity index (χ3n) is 2.52. The summed E-state index contributed by atoms with van der Waals surface area (Å²) in [5.74, 6) is 1.72. The second-order valence-electron chi connectivity index (χ2n) is 4.06. The summed E-state index contributed by atoms with van der Waals surface area (Å²) in [6.45, 7) is 4.89. The number of hydrogen-bond acceptors (Lipinski definition) is 3. The summed E-state index contributed by atoms with van der Waals surface area (Å²) in [6.07, 6.45) is 1.72. The zero-order chi connectivity index (χ0) is 12.0. The smallest absolute Gasteiger partial charge is 0.223 e. The van der Waals surface area contributed by atoms with Gasteiger partial charge in [0.15, 0.2) is 0 Å². The summed E-state index contributed by atoms with van der Waals surface area (Å²) in [5, 5.41) is 2.85. The Morgan fingerprint density at radius 2 is 2.31 bits per heavy atom. The number of hydrogen-bond donors (Lipinski definition) is 2. The van der Waals surface area contributed by atoms with Gasteiger partial charge < -0.3 is 15.5 Å². The van der Waals surface area contributed by atoms with Gasteiger partial charge in [-0.25, -0.2) is 0 Å². The Morgan fingerprint density at radius 3 is 2.88 bits per heavy atom. The Hall–Kier alpha value is -1.29. The van der Waals surface area contributed by atoms with Crippen LogP contribution in [0, 0.1) is 12.8 Å². The van der Waals surface area contributed by atoms with E-state index < -0.39 is 0 Å². The molecule has 0 saturated carbocycles. The van der Waals surface area contributed by atoms with Crippen molar-refractivity contribution in [1.29, 1.82) is 0 Å². The molecule has 4 nitrogen and oxygen atoms in total. The quantitative estimate of drug-likeness (QED) is 0.770. The van der Waals surface area contributed by atoms with Gasteiger partial charge >= 0.3 is 0 Å². The minimum absolute atomic E-state index is 0.0135. The molecule has 0 radical (unpaired) electrons. The first kappa shape index (κ1) is 12.8. The summed E-state index contributed by atoms with van der Waals surface area (Å²) in [7, 11) is 0. The predicted octanol–water partition coefficient (Wildman–Crippen LogP) is 1.58. The molecule has 1 rings (SSSR count). The van der Waals surface area contributed by atoms with E-state index in [4.69, 9.17) is 10.2 Å². The number of carbonyl (C=O) groups excluding carboxylic acids is 1. The molecule has 0 spiro atoms. The summed E-state index contributed by atoms with van der Waals surface area (Å²) >= 11 is 0. The molecule has 0 saturated heterocycles. The summed E-state index contributed by atoms with van der Waals surface area (Å²) in [5.41, 5.74) is 5.40. The van der Waals surface area contributed by atoms with Crippen molar-refractivity contribution in [2.45, 2.75) is 33.2 Å². The molecule has 1 aromatic heterocycles. The van der Waals surface area contributed by atoms with Gasteiger partial charge in [0.05, 0.1) is 6.54 Å². The van der Waals surface area contributed by atoms with E-state index in [1.165, 1.54) is 0 Å². The Bertz CT molecular complexity index is 334. The van der Waals surface area contributed by atoms with Crippen LogP contribution < -0.4 is 11.1 Å². The van der Waals surface area contributed by atoms with Gasteiger partial charge in [-0.15, -0.1) is 0 Å². The fourth-order valence-electron chi connectivity index (χ4n) is 1.48. The van der Waals surface area contributed by atoms with Crippen molar-refractivity contribution in [3.63, 3.8) is 0 Å². The van der Waals surface area contributed by atoms with Crippen LogP contribution in [0.2, 0.25) is 0 Å². The number of carbonyl (C=O) groups is 1. The first-order chi connectivity index (χ1) is 7.63. The molecule has 1 heterocycles. The van der Waals surface area contributed by atoms with Crippen LogP contribution in [0.3, 0.4) is 0 Å². The highest BCUT2D eigenvalue weighted by molar-refractivity contribution is 5.78. The van der Waals surface area contributed by atoms with Gasteiger partial charge in [-0.05, 0) is 38.4 Å². The van der Waals surface area contributed by atoms with Gasteiger partial charge in [0.2, 0.25) is 5.91 Å². The molecule has 1 unspecified atom stereocenters. The maximum atomic E-state index is 11.6. The Labute approximate surface area is 96.2 Å². The van der Waals surface area contributed by atoms with Gasteiger partial charge in [0, 0.05) is 5.92 Å². The number of aryl methyl sites for hydroxylation is 1. The number of furan rings is 1. The molecule has 1 amide bonds. The van der Waals surface area contributed by atoms with E-state index in [1.54, 1.807) is 0 Å². The summed E-state index contributed by atoms with van der Waals surface area (Å²) < 4.78 is 5.36.